The van der Waals surface area contributed by atoms with E-state index in [0.717, 1.165) is 34.8 Å². The number of likely N-dealkylation sites (N-methyl/N-ethyl adjacent to an activating group) is 1. The van der Waals surface area contributed by atoms with Crippen LogP contribution in [-0.4, -0.2) is 37.0 Å². The van der Waals surface area contributed by atoms with Gasteiger partial charge in [0, 0.05) is 42.6 Å². The van der Waals surface area contributed by atoms with Crippen LogP contribution in [0.2, 0.25) is 5.15 Å². The van der Waals surface area contributed by atoms with E-state index >= 15 is 0 Å². The fourth-order valence-electron chi connectivity index (χ4n) is 3.89. The first-order valence-electron chi connectivity index (χ1n) is 9.54. The summed E-state index contributed by atoms with van der Waals surface area (Å²) in [6.07, 6.45) is 2.44. The van der Waals surface area contributed by atoms with E-state index in [1.165, 1.54) is 0 Å². The molecule has 5 rings (SSSR count). The lowest BCUT2D eigenvalue weighted by Crippen LogP contribution is -2.26. The number of epoxide rings is 1. The molecule has 0 radical (unpaired) electrons. The molecule has 1 saturated heterocycles. The molecule has 4 heterocycles. The molecule has 2 unspecified atom stereocenters. The SMILES string of the molecule is C[C@@H]1CCOC2=C(N1)c1cc(Nc3ccnc(Cl)c3C#N)ccc1N(C)C1OC21. The van der Waals surface area contributed by atoms with Crippen molar-refractivity contribution in [3.8, 4) is 6.07 Å². The lowest BCUT2D eigenvalue weighted by Gasteiger charge is -2.23. The average molecular weight is 410 g/mol. The molecule has 3 atom stereocenters. The van der Waals surface area contributed by atoms with E-state index in [1.807, 2.05) is 13.1 Å². The number of hydrogen-bond donors (Lipinski definition) is 2. The van der Waals surface area contributed by atoms with Crippen LogP contribution in [0.3, 0.4) is 0 Å². The number of aromatic nitrogens is 1. The van der Waals surface area contributed by atoms with Crippen LogP contribution in [0.4, 0.5) is 17.1 Å². The summed E-state index contributed by atoms with van der Waals surface area (Å²) in [5.74, 6) is 0.867. The summed E-state index contributed by atoms with van der Waals surface area (Å²) >= 11 is 6.07. The molecule has 0 bridgehead atoms. The lowest BCUT2D eigenvalue weighted by molar-refractivity contribution is 0.187. The molecule has 8 heteroatoms. The van der Waals surface area contributed by atoms with Crippen molar-refractivity contribution in [2.45, 2.75) is 31.7 Å². The van der Waals surface area contributed by atoms with E-state index in [9.17, 15) is 5.26 Å². The highest BCUT2D eigenvalue weighted by molar-refractivity contribution is 6.31. The molecule has 3 aliphatic rings. The zero-order chi connectivity index (χ0) is 20.1. The highest BCUT2D eigenvalue weighted by Gasteiger charge is 2.51. The number of ether oxygens (including phenoxy) is 2. The minimum absolute atomic E-state index is 0.0144. The number of benzene rings is 1. The van der Waals surface area contributed by atoms with Crippen LogP contribution in [0.1, 0.15) is 24.5 Å². The van der Waals surface area contributed by atoms with Crippen molar-refractivity contribution in [1.29, 1.82) is 5.26 Å². The Labute approximate surface area is 173 Å². The minimum atomic E-state index is -0.0548. The van der Waals surface area contributed by atoms with E-state index < -0.39 is 0 Å². The Bertz CT molecular complexity index is 1060. The van der Waals surface area contributed by atoms with Crippen molar-refractivity contribution in [2.75, 3.05) is 23.9 Å². The van der Waals surface area contributed by atoms with Crippen molar-refractivity contribution >= 4 is 34.4 Å². The Morgan fingerprint density at radius 1 is 1.38 bits per heavy atom. The van der Waals surface area contributed by atoms with Crippen LogP contribution in [0.15, 0.2) is 36.2 Å². The van der Waals surface area contributed by atoms with E-state index in [1.54, 1.807) is 12.3 Å². The number of nitrogens with zero attached hydrogens (tertiary/aromatic N) is 3. The Morgan fingerprint density at radius 2 is 2.24 bits per heavy atom. The first-order valence-corrected chi connectivity index (χ1v) is 9.92. The number of anilines is 3. The minimum Gasteiger partial charge on any atom is -0.493 e. The normalized spacial score (nSPS) is 24.6. The first kappa shape index (κ1) is 18.1. The maximum Gasteiger partial charge on any atom is 0.165 e. The van der Waals surface area contributed by atoms with Crippen LogP contribution in [-0.2, 0) is 9.47 Å². The van der Waals surface area contributed by atoms with Crippen molar-refractivity contribution < 1.29 is 9.47 Å². The van der Waals surface area contributed by atoms with E-state index in [4.69, 9.17) is 21.1 Å². The molecular formula is C21H20ClN5O2. The molecular weight excluding hydrogens is 390 g/mol. The number of nitrogens with one attached hydrogen (secondary N) is 2. The number of fused-ring (bicyclic) bond motifs is 4. The summed E-state index contributed by atoms with van der Waals surface area (Å²) in [5.41, 5.74) is 4.85. The maximum atomic E-state index is 9.42. The van der Waals surface area contributed by atoms with Gasteiger partial charge in [0.05, 0.1) is 18.0 Å². The third-order valence-corrected chi connectivity index (χ3v) is 5.78. The maximum absolute atomic E-state index is 9.42. The molecule has 1 aromatic heterocycles. The smallest absolute Gasteiger partial charge is 0.165 e. The molecule has 3 aliphatic heterocycles. The summed E-state index contributed by atoms with van der Waals surface area (Å²) in [6.45, 7) is 2.82. The number of halogens is 1. The second-order valence-corrected chi connectivity index (χ2v) is 7.83. The molecule has 148 valence electrons. The van der Waals surface area contributed by atoms with Gasteiger partial charge < -0.3 is 25.0 Å². The zero-order valence-corrected chi connectivity index (χ0v) is 16.8. The van der Waals surface area contributed by atoms with Crippen LogP contribution >= 0.6 is 11.6 Å². The largest absolute Gasteiger partial charge is 0.493 e. The lowest BCUT2D eigenvalue weighted by atomic mass is 10.1. The number of rotatable bonds is 2. The van der Waals surface area contributed by atoms with Gasteiger partial charge in [0.25, 0.3) is 0 Å². The third kappa shape index (κ3) is 3.05. The number of pyridine rings is 1. The average Bonchev–Trinajstić information content (AvgIpc) is 3.51. The summed E-state index contributed by atoms with van der Waals surface area (Å²) in [7, 11) is 2.03. The molecule has 1 fully saturated rings. The summed E-state index contributed by atoms with van der Waals surface area (Å²) in [4.78, 5) is 6.12. The molecule has 0 spiro atoms. The van der Waals surface area contributed by atoms with Crippen molar-refractivity contribution in [3.63, 3.8) is 0 Å². The summed E-state index contributed by atoms with van der Waals surface area (Å²) in [5, 5.41) is 16.5. The first-order chi connectivity index (χ1) is 14.1. The molecule has 7 nitrogen and oxygen atoms in total. The van der Waals surface area contributed by atoms with Crippen molar-refractivity contribution in [2.24, 2.45) is 0 Å². The third-order valence-electron chi connectivity index (χ3n) is 5.50. The van der Waals surface area contributed by atoms with Crippen molar-refractivity contribution in [3.05, 3.63) is 52.5 Å². The Balaban J connectivity index is 1.59. The number of nitriles is 1. The highest BCUT2D eigenvalue weighted by Crippen LogP contribution is 2.45. The van der Waals surface area contributed by atoms with Gasteiger partial charge in [-0.05, 0) is 31.2 Å². The second kappa shape index (κ2) is 6.83. The molecule has 0 aliphatic carbocycles. The topological polar surface area (TPSA) is 85.7 Å². The van der Waals surface area contributed by atoms with Gasteiger partial charge in [-0.2, -0.15) is 5.26 Å². The molecule has 0 saturated carbocycles. The van der Waals surface area contributed by atoms with Gasteiger partial charge in [-0.15, -0.1) is 0 Å². The predicted molar refractivity (Wildman–Crippen MR) is 111 cm³/mol. The van der Waals surface area contributed by atoms with Crippen LogP contribution in [0.25, 0.3) is 5.70 Å². The summed E-state index contributed by atoms with van der Waals surface area (Å²) in [6, 6.07) is 10.2. The van der Waals surface area contributed by atoms with Crippen LogP contribution in [0.5, 0.6) is 0 Å². The van der Waals surface area contributed by atoms with Gasteiger partial charge in [-0.25, -0.2) is 4.98 Å². The van der Waals surface area contributed by atoms with Crippen LogP contribution < -0.4 is 15.5 Å². The quantitative estimate of drug-likeness (QED) is 0.579. The molecule has 29 heavy (non-hydrogen) atoms. The Hall–Kier alpha value is -2.95. The predicted octanol–water partition coefficient (Wildman–Crippen LogP) is 3.59. The summed E-state index contributed by atoms with van der Waals surface area (Å²) < 4.78 is 12.0. The molecule has 2 aromatic rings. The molecule has 0 amide bonds. The van der Waals surface area contributed by atoms with E-state index in [2.05, 4.69) is 45.6 Å². The number of hydrogen-bond acceptors (Lipinski definition) is 7. The van der Waals surface area contributed by atoms with Gasteiger partial charge in [-0.1, -0.05) is 11.6 Å². The molecule has 2 N–H and O–H groups in total. The van der Waals surface area contributed by atoms with Gasteiger partial charge in [-0.3, -0.25) is 0 Å². The fourth-order valence-corrected chi connectivity index (χ4v) is 4.09. The van der Waals surface area contributed by atoms with Gasteiger partial charge in [0.15, 0.2) is 18.1 Å². The van der Waals surface area contributed by atoms with Crippen LogP contribution in [0, 0.1) is 11.3 Å². The van der Waals surface area contributed by atoms with Crippen molar-refractivity contribution in [1.82, 2.24) is 10.3 Å². The Kier molecular flexibility index (Phi) is 4.26. The van der Waals surface area contributed by atoms with Gasteiger partial charge in [0.1, 0.15) is 16.8 Å². The fraction of sp³-hybridized carbons (Fsp3) is 0.333. The Morgan fingerprint density at radius 3 is 3.07 bits per heavy atom. The van der Waals surface area contributed by atoms with Gasteiger partial charge in [0.2, 0.25) is 0 Å². The standard InChI is InChI=1S/C21H20ClN5O2/c1-11-6-8-28-18-17(25-11)13-9-12(3-4-16(13)27(2)21-19(18)29-21)26-15-5-7-24-20(22)14(15)10-23/h3-5,7,9,11,19,21,25H,6,8H2,1-2H3,(H,24,26)/t11-,19?,21?/m1/s1. The second-order valence-electron chi connectivity index (χ2n) is 7.47. The van der Waals surface area contributed by atoms with E-state index in [0.29, 0.717) is 17.9 Å². The van der Waals surface area contributed by atoms with Gasteiger partial charge >= 0.3 is 0 Å². The zero-order valence-electron chi connectivity index (χ0n) is 16.1. The molecule has 1 aromatic carbocycles. The monoisotopic (exact) mass is 409 g/mol. The van der Waals surface area contributed by atoms with E-state index in [-0.39, 0.29) is 23.5 Å². The highest BCUT2D eigenvalue weighted by atomic mass is 35.5.